The van der Waals surface area contributed by atoms with Gasteiger partial charge in [-0.2, -0.15) is 0 Å². The fourth-order valence-electron chi connectivity index (χ4n) is 6.21. The molecule has 0 amide bonds. The molecule has 1 fully saturated rings. The molecule has 1 saturated heterocycles. The number of nitrogens with zero attached hydrogens (tertiary/aromatic N) is 1. The van der Waals surface area contributed by atoms with Gasteiger partial charge in [0.1, 0.15) is 29.5 Å². The first-order chi connectivity index (χ1) is 19.3. The Morgan fingerprint density at radius 1 is 1.12 bits per heavy atom. The predicted molar refractivity (Wildman–Crippen MR) is 141 cm³/mol. The zero-order chi connectivity index (χ0) is 30.0. The number of fused-ring (bicyclic) bond motifs is 3. The molecule has 1 heterocycles. The summed E-state index contributed by atoms with van der Waals surface area (Å²) >= 11 is 0. The minimum absolute atomic E-state index is 0.0420. The molecule has 6 atom stereocenters. The number of hydrogen-bond donors (Lipinski definition) is 5. The van der Waals surface area contributed by atoms with E-state index < -0.39 is 89.6 Å². The number of aromatic hydroxyl groups is 2. The van der Waals surface area contributed by atoms with Gasteiger partial charge in [0.25, 0.3) is 0 Å². The number of rotatable bonds is 6. The second kappa shape index (κ2) is 10.5. The molecule has 0 bridgehead atoms. The predicted octanol–water partition coefficient (Wildman–Crippen LogP) is 0.604. The van der Waals surface area contributed by atoms with E-state index >= 15 is 0 Å². The summed E-state index contributed by atoms with van der Waals surface area (Å²) in [5.41, 5.74) is -3.51. The third-order valence-corrected chi connectivity index (χ3v) is 8.39. The van der Waals surface area contributed by atoms with Gasteiger partial charge in [-0.25, -0.2) is 0 Å². The van der Waals surface area contributed by atoms with Crippen molar-refractivity contribution in [1.82, 2.24) is 4.90 Å². The number of ketones is 3. The van der Waals surface area contributed by atoms with E-state index in [9.17, 15) is 39.9 Å². The van der Waals surface area contributed by atoms with Gasteiger partial charge >= 0.3 is 0 Å². The lowest BCUT2D eigenvalue weighted by molar-refractivity contribution is -0.256. The lowest BCUT2D eigenvalue weighted by Gasteiger charge is -2.44. The maximum absolute atomic E-state index is 13.7. The molecule has 2 aliphatic carbocycles. The molecule has 1 aliphatic heterocycles. The number of Topliss-reactive ketones (excluding diaryl/α,β-unsaturated/α-hetero) is 1. The number of ether oxygens (including phenoxy) is 3. The summed E-state index contributed by atoms with van der Waals surface area (Å²) in [7, 11) is 4.89. The van der Waals surface area contributed by atoms with Crippen molar-refractivity contribution in [2.75, 3.05) is 27.8 Å². The van der Waals surface area contributed by atoms with Gasteiger partial charge in [0, 0.05) is 42.0 Å². The molecule has 2 aromatic carbocycles. The van der Waals surface area contributed by atoms with Crippen molar-refractivity contribution >= 4 is 17.3 Å². The van der Waals surface area contributed by atoms with Crippen LogP contribution >= 0.6 is 0 Å². The summed E-state index contributed by atoms with van der Waals surface area (Å²) in [4.78, 5) is 41.8. The third kappa shape index (κ3) is 4.51. The fraction of sp³-hybridized carbons (Fsp3) is 0.483. The summed E-state index contributed by atoms with van der Waals surface area (Å²) < 4.78 is 17.3. The Kier molecular flexibility index (Phi) is 7.43. The van der Waals surface area contributed by atoms with Gasteiger partial charge in [-0.15, -0.1) is 0 Å². The Balaban J connectivity index is 1.67. The van der Waals surface area contributed by atoms with Gasteiger partial charge in [0.05, 0.1) is 42.1 Å². The lowest BCUT2D eigenvalue weighted by Crippen LogP contribution is -2.54. The molecule has 0 spiro atoms. The Morgan fingerprint density at radius 3 is 2.44 bits per heavy atom. The van der Waals surface area contributed by atoms with Gasteiger partial charge in [-0.1, -0.05) is 12.1 Å². The van der Waals surface area contributed by atoms with E-state index in [1.54, 1.807) is 25.9 Å². The van der Waals surface area contributed by atoms with Crippen LogP contribution in [-0.4, -0.2) is 106 Å². The average Bonchev–Trinajstić information content (AvgIpc) is 2.94. The number of benzene rings is 2. The number of hydrogen-bond acceptors (Lipinski definition) is 12. The first kappa shape index (κ1) is 29.1. The molecular weight excluding hydrogens is 538 g/mol. The minimum atomic E-state index is -2.23. The Labute approximate surface area is 235 Å². The van der Waals surface area contributed by atoms with Gasteiger partial charge < -0.3 is 44.6 Å². The van der Waals surface area contributed by atoms with Crippen molar-refractivity contribution in [3.8, 4) is 17.2 Å². The molecular formula is C29H33NO11. The fourth-order valence-corrected chi connectivity index (χ4v) is 6.21. The van der Waals surface area contributed by atoms with E-state index in [1.165, 1.54) is 25.3 Å². The van der Waals surface area contributed by atoms with Crippen LogP contribution in [0, 0.1) is 0 Å². The number of aliphatic hydroxyl groups is 3. The van der Waals surface area contributed by atoms with Crippen LogP contribution in [0.25, 0.3) is 0 Å². The van der Waals surface area contributed by atoms with Crippen molar-refractivity contribution in [3.63, 3.8) is 0 Å². The third-order valence-electron chi connectivity index (χ3n) is 8.39. The van der Waals surface area contributed by atoms with Crippen LogP contribution in [0.3, 0.4) is 0 Å². The number of methoxy groups -OCH3 is 1. The molecule has 0 radical (unpaired) electrons. The summed E-state index contributed by atoms with van der Waals surface area (Å²) in [6.07, 6.45) is -4.61. The number of aliphatic hydroxyl groups excluding tert-OH is 2. The quantitative estimate of drug-likeness (QED) is 0.260. The van der Waals surface area contributed by atoms with Crippen LogP contribution in [0.2, 0.25) is 0 Å². The van der Waals surface area contributed by atoms with Crippen LogP contribution in [0.1, 0.15) is 68.8 Å². The Hall–Kier alpha value is -3.39. The number of phenols is 2. The smallest absolute Gasteiger partial charge is 0.202 e. The Morgan fingerprint density at radius 2 is 1.80 bits per heavy atom. The van der Waals surface area contributed by atoms with Crippen LogP contribution in [-0.2, 0) is 20.7 Å². The molecule has 5 rings (SSSR count). The van der Waals surface area contributed by atoms with E-state index in [2.05, 4.69) is 0 Å². The molecule has 12 heteroatoms. The largest absolute Gasteiger partial charge is 0.507 e. The van der Waals surface area contributed by atoms with Crippen LogP contribution in [0.5, 0.6) is 17.2 Å². The highest BCUT2D eigenvalue weighted by Gasteiger charge is 2.50. The molecule has 12 nitrogen and oxygen atoms in total. The lowest BCUT2D eigenvalue weighted by atomic mass is 9.72. The number of phenolic OH excluding ortho intramolecular Hbond substituents is 2. The van der Waals surface area contributed by atoms with Crippen LogP contribution in [0.15, 0.2) is 18.2 Å². The molecule has 41 heavy (non-hydrogen) atoms. The van der Waals surface area contributed by atoms with Gasteiger partial charge in [-0.05, 0) is 27.1 Å². The normalized spacial score (nSPS) is 29.1. The monoisotopic (exact) mass is 571 g/mol. The van der Waals surface area contributed by atoms with Crippen molar-refractivity contribution in [2.45, 2.75) is 62.4 Å². The molecule has 5 N–H and O–H groups in total. The number of carbonyl (C=O) groups is 3. The standard InChI is InChI=1S/C29H33NO11/c1-12-24(33)15(30(2)3)8-19(40-12)41-17-10-29(38,18(32)11-31)9-14-21(17)28(37)23-22(26(14)35)25(34)13-6-5-7-16(39-4)20(13)27(23)36/h5-7,12,15,17,19,24,31,33,35,37-38H,8-11H2,1-4H3/t12-,15+,17+,19-,24+,29-/m0/s1. The van der Waals surface area contributed by atoms with E-state index in [0.29, 0.717) is 0 Å². The Bertz CT molecular complexity index is 1440. The summed E-state index contributed by atoms with van der Waals surface area (Å²) in [5.74, 6) is -3.68. The first-order valence-corrected chi connectivity index (χ1v) is 13.2. The SMILES string of the molecule is COc1cccc2c1C(=O)c1c(O)c3c(c(O)c1C2=O)C[C@@](O)(C(=O)CO)C[C@H]3O[C@H]1C[C@@H](N(C)C)[C@H](O)[C@H](C)O1. The highest BCUT2D eigenvalue weighted by molar-refractivity contribution is 6.31. The maximum atomic E-state index is 13.7. The summed E-state index contributed by atoms with van der Waals surface area (Å²) in [6, 6.07) is 4.02. The molecule has 0 aromatic heterocycles. The van der Waals surface area contributed by atoms with Gasteiger partial charge in [0.15, 0.2) is 17.9 Å². The highest BCUT2D eigenvalue weighted by Crippen LogP contribution is 2.52. The average molecular weight is 572 g/mol. The topological polar surface area (TPSA) is 183 Å². The zero-order valence-corrected chi connectivity index (χ0v) is 23.1. The van der Waals surface area contributed by atoms with Crippen LogP contribution in [0.4, 0.5) is 0 Å². The molecule has 0 unspecified atom stereocenters. The minimum Gasteiger partial charge on any atom is -0.507 e. The van der Waals surface area contributed by atoms with E-state index in [4.69, 9.17) is 14.2 Å². The maximum Gasteiger partial charge on any atom is 0.202 e. The summed E-state index contributed by atoms with van der Waals surface area (Å²) in [5, 5.41) is 54.5. The number of likely N-dealkylation sites (N-methyl/N-ethyl adjacent to an activating group) is 1. The zero-order valence-electron chi connectivity index (χ0n) is 23.1. The molecule has 3 aliphatic rings. The second-order valence-corrected chi connectivity index (χ2v) is 11.0. The first-order valence-electron chi connectivity index (χ1n) is 13.2. The summed E-state index contributed by atoms with van der Waals surface area (Å²) in [6.45, 7) is 0.651. The highest BCUT2D eigenvalue weighted by atomic mass is 16.7. The van der Waals surface area contributed by atoms with Gasteiger partial charge in [0.2, 0.25) is 5.78 Å². The van der Waals surface area contributed by atoms with Crippen molar-refractivity contribution < 1.29 is 54.1 Å². The van der Waals surface area contributed by atoms with E-state index in [0.717, 1.165) is 0 Å². The van der Waals surface area contributed by atoms with E-state index in [-0.39, 0.29) is 40.5 Å². The van der Waals surface area contributed by atoms with Crippen LogP contribution < -0.4 is 4.74 Å². The van der Waals surface area contributed by atoms with Crippen molar-refractivity contribution in [1.29, 1.82) is 0 Å². The van der Waals surface area contributed by atoms with Crippen molar-refractivity contribution in [3.05, 3.63) is 51.6 Å². The molecule has 0 saturated carbocycles. The van der Waals surface area contributed by atoms with Crippen molar-refractivity contribution in [2.24, 2.45) is 0 Å². The molecule has 2 aromatic rings. The second-order valence-electron chi connectivity index (χ2n) is 11.0. The van der Waals surface area contributed by atoms with Gasteiger partial charge in [-0.3, -0.25) is 14.4 Å². The molecule has 220 valence electrons. The van der Waals surface area contributed by atoms with E-state index in [1.807, 2.05) is 0 Å². The number of carbonyl (C=O) groups excluding carboxylic acids is 3.